The molecule has 2 aromatic rings. The van der Waals surface area contributed by atoms with E-state index in [1.807, 2.05) is 45.0 Å². The first-order valence-electron chi connectivity index (χ1n) is 16.7. The van der Waals surface area contributed by atoms with Crippen LogP contribution in [0.4, 0.5) is 0 Å². The van der Waals surface area contributed by atoms with Crippen molar-refractivity contribution in [2.24, 2.45) is 5.92 Å². The molecule has 2 aliphatic heterocycles. The number of rotatable bonds is 12. The van der Waals surface area contributed by atoms with Crippen molar-refractivity contribution < 1.29 is 29.1 Å². The van der Waals surface area contributed by atoms with Crippen LogP contribution >= 0.6 is 0 Å². The molecule has 0 saturated carbocycles. The largest absolute Gasteiger partial charge is 0.417 e. The molecule has 4 amide bonds. The van der Waals surface area contributed by atoms with Crippen LogP contribution in [0.3, 0.4) is 0 Å². The smallest absolute Gasteiger partial charge is 0.246 e. The molecule has 1 unspecified atom stereocenters. The maximum atomic E-state index is 14.0. The zero-order chi connectivity index (χ0) is 32.5. The number of unbranched alkanes of at least 4 members (excludes halogenated alkanes) is 2. The second kappa shape index (κ2) is 16.1. The average Bonchev–Trinajstić information content (AvgIpc) is 3.41. The topological polar surface area (TPSA) is 142 Å². The standard InChI is InChI=1S/C34H51N5O6/c1-5-22(3)30-34(44)38-19-13-12-18-29(38)33(43)35-26(16-9-7-8-14-24(40)6-2)31(41)36-27(32(42)37-30)20-23-21-39(45-4)28-17-11-10-15-25(23)28/h10-11,15,17,21-22,24,26-27,29-30,40H,5-9,12-14,16,18-20H2,1-4H3,(H,35,43)(H,36,41)(H,37,42)/t22-,24-,26-,27-,29+,30?/m0/s1. The summed E-state index contributed by atoms with van der Waals surface area (Å²) in [7, 11) is 1.56. The third-order valence-corrected chi connectivity index (χ3v) is 9.51. The summed E-state index contributed by atoms with van der Waals surface area (Å²) in [4.78, 5) is 62.8. The van der Waals surface area contributed by atoms with Crippen LogP contribution < -0.4 is 20.8 Å². The average molecular weight is 626 g/mol. The van der Waals surface area contributed by atoms with Crippen LogP contribution in [0.2, 0.25) is 0 Å². The van der Waals surface area contributed by atoms with Gasteiger partial charge in [-0.2, -0.15) is 4.73 Å². The molecule has 11 heteroatoms. The second-order valence-electron chi connectivity index (χ2n) is 12.6. The zero-order valence-electron chi connectivity index (χ0n) is 27.2. The van der Waals surface area contributed by atoms with E-state index in [4.69, 9.17) is 4.84 Å². The van der Waals surface area contributed by atoms with Crippen LogP contribution in [0.15, 0.2) is 30.5 Å². The van der Waals surface area contributed by atoms with Gasteiger partial charge in [-0.3, -0.25) is 19.2 Å². The first kappa shape index (κ1) is 34.3. The van der Waals surface area contributed by atoms with E-state index in [0.29, 0.717) is 45.1 Å². The summed E-state index contributed by atoms with van der Waals surface area (Å²) in [6.45, 7) is 6.26. The molecule has 4 N–H and O–H groups in total. The first-order chi connectivity index (χ1) is 21.7. The predicted octanol–water partition coefficient (Wildman–Crippen LogP) is 2.86. The minimum absolute atomic E-state index is 0.164. The molecule has 0 bridgehead atoms. The molecule has 2 fully saturated rings. The SMILES string of the molecule is CC[C@H](O)CCCCC[C@@H]1NC(=O)[C@H]2CCCCN2C(=O)C([C@@H](C)CC)NC(=O)[C@H](Cc2cn(OC)c3ccccc23)NC1=O. The molecule has 0 spiro atoms. The van der Waals surface area contributed by atoms with Gasteiger partial charge >= 0.3 is 0 Å². The minimum atomic E-state index is -0.997. The normalized spacial score (nSPS) is 24.5. The Morgan fingerprint density at radius 3 is 2.40 bits per heavy atom. The summed E-state index contributed by atoms with van der Waals surface area (Å²) >= 11 is 0. The predicted molar refractivity (Wildman–Crippen MR) is 172 cm³/mol. The van der Waals surface area contributed by atoms with E-state index in [-0.39, 0.29) is 30.3 Å². The number of aliphatic hydroxyl groups is 1. The van der Waals surface area contributed by atoms with Gasteiger partial charge in [0, 0.05) is 24.5 Å². The zero-order valence-corrected chi connectivity index (χ0v) is 27.2. The third kappa shape index (κ3) is 8.36. The van der Waals surface area contributed by atoms with Crippen LogP contribution in [0.25, 0.3) is 10.9 Å². The Bertz CT molecular complexity index is 1330. The van der Waals surface area contributed by atoms with Crippen molar-refractivity contribution in [1.82, 2.24) is 25.6 Å². The Hall–Kier alpha value is -3.60. The number of hydrogen-bond acceptors (Lipinski definition) is 6. The highest BCUT2D eigenvalue weighted by Gasteiger charge is 2.40. The van der Waals surface area contributed by atoms with Gasteiger partial charge in [-0.05, 0) is 56.1 Å². The molecular weight excluding hydrogens is 574 g/mol. The summed E-state index contributed by atoms with van der Waals surface area (Å²) in [6, 6.07) is 4.28. The van der Waals surface area contributed by atoms with Crippen molar-refractivity contribution in [2.45, 2.75) is 122 Å². The Balaban J connectivity index is 1.66. The fourth-order valence-corrected chi connectivity index (χ4v) is 6.46. The summed E-state index contributed by atoms with van der Waals surface area (Å²) in [5.74, 6) is -1.64. The Kier molecular flexibility index (Phi) is 12.3. The van der Waals surface area contributed by atoms with Crippen LogP contribution in [-0.4, -0.2) is 82.3 Å². The van der Waals surface area contributed by atoms with Gasteiger partial charge in [-0.1, -0.05) is 64.7 Å². The number of aromatic nitrogens is 1. The van der Waals surface area contributed by atoms with Gasteiger partial charge < -0.3 is 30.8 Å². The van der Waals surface area contributed by atoms with Crippen LogP contribution in [-0.2, 0) is 25.6 Å². The molecule has 248 valence electrons. The maximum Gasteiger partial charge on any atom is 0.246 e. The molecule has 4 rings (SSSR count). The number of nitrogens with one attached hydrogen (secondary N) is 3. The van der Waals surface area contributed by atoms with E-state index in [9.17, 15) is 24.3 Å². The minimum Gasteiger partial charge on any atom is -0.417 e. The highest BCUT2D eigenvalue weighted by Crippen LogP contribution is 2.24. The lowest BCUT2D eigenvalue weighted by Gasteiger charge is -2.39. The van der Waals surface area contributed by atoms with Gasteiger partial charge in [-0.25, -0.2) is 0 Å². The van der Waals surface area contributed by atoms with Crippen molar-refractivity contribution in [1.29, 1.82) is 0 Å². The number of para-hydroxylation sites is 1. The number of carbonyl (C=O) groups excluding carboxylic acids is 4. The van der Waals surface area contributed by atoms with Gasteiger partial charge in [-0.15, -0.1) is 0 Å². The van der Waals surface area contributed by atoms with Crippen LogP contribution in [0.1, 0.15) is 90.5 Å². The van der Waals surface area contributed by atoms with Gasteiger partial charge in [0.25, 0.3) is 0 Å². The summed E-state index contributed by atoms with van der Waals surface area (Å²) < 4.78 is 1.63. The van der Waals surface area contributed by atoms with Crippen molar-refractivity contribution >= 4 is 34.5 Å². The molecule has 45 heavy (non-hydrogen) atoms. The van der Waals surface area contributed by atoms with Gasteiger partial charge in [0.05, 0.1) is 11.6 Å². The lowest BCUT2D eigenvalue weighted by molar-refractivity contribution is -0.147. The number of benzene rings is 1. The van der Waals surface area contributed by atoms with Crippen molar-refractivity contribution in [3.63, 3.8) is 0 Å². The van der Waals surface area contributed by atoms with E-state index >= 15 is 0 Å². The lowest BCUT2D eigenvalue weighted by atomic mass is 9.93. The van der Waals surface area contributed by atoms with Crippen molar-refractivity contribution in [3.05, 3.63) is 36.0 Å². The quantitative estimate of drug-likeness (QED) is 0.267. The molecule has 1 aromatic heterocycles. The molecule has 2 aliphatic rings. The molecule has 0 aliphatic carbocycles. The van der Waals surface area contributed by atoms with Crippen LogP contribution in [0.5, 0.6) is 0 Å². The molecule has 11 nitrogen and oxygen atoms in total. The van der Waals surface area contributed by atoms with Gasteiger partial charge in [0.1, 0.15) is 31.3 Å². The number of aliphatic hydroxyl groups excluding tert-OH is 1. The number of nitrogens with zero attached hydrogens (tertiary/aromatic N) is 2. The Labute approximate surface area is 266 Å². The van der Waals surface area contributed by atoms with Crippen LogP contribution in [0, 0.1) is 5.92 Å². The van der Waals surface area contributed by atoms with Gasteiger partial charge in [0.15, 0.2) is 0 Å². The molecular formula is C34H51N5O6. The third-order valence-electron chi connectivity index (χ3n) is 9.51. The molecule has 1 aromatic carbocycles. The van der Waals surface area contributed by atoms with E-state index in [1.54, 1.807) is 22.9 Å². The van der Waals surface area contributed by atoms with E-state index in [0.717, 1.165) is 42.1 Å². The number of carbonyl (C=O) groups is 4. The molecule has 6 atom stereocenters. The van der Waals surface area contributed by atoms with Crippen molar-refractivity contribution in [3.8, 4) is 0 Å². The number of amides is 4. The molecule has 2 saturated heterocycles. The summed E-state index contributed by atoms with van der Waals surface area (Å²) in [5.41, 5.74) is 1.63. The summed E-state index contributed by atoms with van der Waals surface area (Å²) in [5, 5.41) is 19.7. The lowest BCUT2D eigenvalue weighted by Crippen LogP contribution is -2.64. The van der Waals surface area contributed by atoms with E-state index in [1.165, 1.54) is 0 Å². The fraction of sp³-hybridized carbons (Fsp3) is 0.647. The number of hydrogen-bond donors (Lipinski definition) is 4. The monoisotopic (exact) mass is 625 g/mol. The van der Waals surface area contributed by atoms with E-state index < -0.39 is 36.0 Å². The maximum absolute atomic E-state index is 14.0. The first-order valence-corrected chi connectivity index (χ1v) is 16.7. The van der Waals surface area contributed by atoms with Gasteiger partial charge in [0.2, 0.25) is 23.6 Å². The fourth-order valence-electron chi connectivity index (χ4n) is 6.46. The highest BCUT2D eigenvalue weighted by atomic mass is 16.6. The Morgan fingerprint density at radius 1 is 0.933 bits per heavy atom. The molecule has 0 radical (unpaired) electrons. The molecule has 3 heterocycles. The summed E-state index contributed by atoms with van der Waals surface area (Å²) in [6.07, 6.45) is 8.40. The number of piperidine rings is 1. The van der Waals surface area contributed by atoms with Crippen molar-refractivity contribution in [2.75, 3.05) is 13.7 Å². The Morgan fingerprint density at radius 2 is 1.67 bits per heavy atom. The highest BCUT2D eigenvalue weighted by molar-refractivity contribution is 5.98. The van der Waals surface area contributed by atoms with E-state index in [2.05, 4.69) is 16.0 Å². The number of fused-ring (bicyclic) bond motifs is 2. The second-order valence-corrected chi connectivity index (χ2v) is 12.6.